The molecule has 0 saturated heterocycles. The van der Waals surface area contributed by atoms with Crippen LogP contribution in [0.3, 0.4) is 0 Å². The molecule has 0 aliphatic heterocycles. The van der Waals surface area contributed by atoms with Crippen molar-refractivity contribution >= 4 is 23.2 Å². The standard InChI is InChI=1S/C11H14ClN3O/c1-11(13,7-2-3-7)10(16)15-8-4-5-14-9(12)6-8/h4-7H,2-3,13H2,1H3,(H,14,15,16). The summed E-state index contributed by atoms with van der Waals surface area (Å²) >= 11 is 5.72. The molecule has 0 bridgehead atoms. The van der Waals surface area contributed by atoms with Crippen molar-refractivity contribution in [3.05, 3.63) is 23.5 Å². The van der Waals surface area contributed by atoms with Crippen molar-refractivity contribution in [3.8, 4) is 0 Å². The maximum Gasteiger partial charge on any atom is 0.244 e. The zero-order valence-corrected chi connectivity index (χ0v) is 9.79. The van der Waals surface area contributed by atoms with E-state index in [-0.39, 0.29) is 5.91 Å². The van der Waals surface area contributed by atoms with Crippen LogP contribution in [0.15, 0.2) is 18.3 Å². The molecule has 5 heteroatoms. The third-order valence-corrected chi connectivity index (χ3v) is 3.11. The molecule has 1 atom stereocenters. The molecule has 0 radical (unpaired) electrons. The molecule has 86 valence electrons. The monoisotopic (exact) mass is 239 g/mol. The first-order valence-electron chi connectivity index (χ1n) is 5.22. The number of nitrogens with zero attached hydrogens (tertiary/aromatic N) is 1. The Hall–Kier alpha value is -1.13. The van der Waals surface area contributed by atoms with Gasteiger partial charge in [0.05, 0.1) is 5.54 Å². The highest BCUT2D eigenvalue weighted by atomic mass is 35.5. The van der Waals surface area contributed by atoms with Crippen molar-refractivity contribution in [2.45, 2.75) is 25.3 Å². The predicted octanol–water partition coefficient (Wildman–Crippen LogP) is 1.80. The van der Waals surface area contributed by atoms with Gasteiger partial charge in [0.15, 0.2) is 0 Å². The highest BCUT2D eigenvalue weighted by Crippen LogP contribution is 2.38. The van der Waals surface area contributed by atoms with E-state index in [1.807, 2.05) is 0 Å². The Morgan fingerprint density at radius 3 is 2.94 bits per heavy atom. The van der Waals surface area contributed by atoms with Crippen LogP contribution >= 0.6 is 11.6 Å². The van der Waals surface area contributed by atoms with Crippen molar-refractivity contribution in [3.63, 3.8) is 0 Å². The minimum Gasteiger partial charge on any atom is -0.324 e. The van der Waals surface area contributed by atoms with Crippen molar-refractivity contribution in [1.29, 1.82) is 0 Å². The molecule has 1 aliphatic carbocycles. The van der Waals surface area contributed by atoms with Gasteiger partial charge in [-0.15, -0.1) is 0 Å². The summed E-state index contributed by atoms with van der Waals surface area (Å²) in [5.74, 6) is 0.127. The largest absolute Gasteiger partial charge is 0.324 e. The van der Waals surface area contributed by atoms with Crippen LogP contribution in [-0.4, -0.2) is 16.4 Å². The van der Waals surface area contributed by atoms with Crippen LogP contribution in [0.1, 0.15) is 19.8 Å². The van der Waals surface area contributed by atoms with E-state index < -0.39 is 5.54 Å². The third kappa shape index (κ3) is 2.33. The first-order chi connectivity index (χ1) is 7.50. The summed E-state index contributed by atoms with van der Waals surface area (Å²) in [5, 5.41) is 3.11. The molecule has 1 saturated carbocycles. The van der Waals surface area contributed by atoms with Gasteiger partial charge in [-0.05, 0) is 37.8 Å². The normalized spacial score (nSPS) is 18.9. The van der Waals surface area contributed by atoms with Gasteiger partial charge in [0.2, 0.25) is 5.91 Å². The second-order valence-corrected chi connectivity index (χ2v) is 4.77. The number of anilines is 1. The van der Waals surface area contributed by atoms with Gasteiger partial charge in [-0.1, -0.05) is 11.6 Å². The fourth-order valence-electron chi connectivity index (χ4n) is 1.61. The number of hydrogen-bond acceptors (Lipinski definition) is 3. The highest BCUT2D eigenvalue weighted by molar-refractivity contribution is 6.29. The molecule has 3 N–H and O–H groups in total. The van der Waals surface area contributed by atoms with Crippen LogP contribution in [0, 0.1) is 5.92 Å². The van der Waals surface area contributed by atoms with Gasteiger partial charge in [-0.25, -0.2) is 4.98 Å². The SMILES string of the molecule is CC(N)(C(=O)Nc1ccnc(Cl)c1)C1CC1. The zero-order valence-electron chi connectivity index (χ0n) is 9.03. The second kappa shape index (κ2) is 4.03. The Kier molecular flexibility index (Phi) is 2.86. The average Bonchev–Trinajstić information content (AvgIpc) is 3.00. The minimum absolute atomic E-state index is 0.169. The molecule has 1 aromatic rings. The van der Waals surface area contributed by atoms with Crippen molar-refractivity contribution < 1.29 is 4.79 Å². The third-order valence-electron chi connectivity index (χ3n) is 2.90. The molecule has 1 unspecified atom stereocenters. The van der Waals surface area contributed by atoms with Crippen LogP contribution in [-0.2, 0) is 4.79 Å². The second-order valence-electron chi connectivity index (χ2n) is 4.38. The number of aromatic nitrogens is 1. The summed E-state index contributed by atoms with van der Waals surface area (Å²) in [7, 11) is 0. The Balaban J connectivity index is 2.07. The topological polar surface area (TPSA) is 68.0 Å². The van der Waals surface area contributed by atoms with Gasteiger partial charge in [0, 0.05) is 11.9 Å². The summed E-state index contributed by atoms with van der Waals surface area (Å²) in [6, 6.07) is 3.29. The summed E-state index contributed by atoms with van der Waals surface area (Å²) in [4.78, 5) is 15.8. The van der Waals surface area contributed by atoms with E-state index in [1.165, 1.54) is 0 Å². The van der Waals surface area contributed by atoms with E-state index >= 15 is 0 Å². The Morgan fingerprint density at radius 1 is 1.69 bits per heavy atom. The van der Waals surface area contributed by atoms with E-state index in [1.54, 1.807) is 25.3 Å². The van der Waals surface area contributed by atoms with Crippen LogP contribution in [0.4, 0.5) is 5.69 Å². The quantitative estimate of drug-likeness (QED) is 0.791. The lowest BCUT2D eigenvalue weighted by molar-refractivity contribution is -0.121. The van der Waals surface area contributed by atoms with Crippen LogP contribution in [0.2, 0.25) is 5.15 Å². The molecular weight excluding hydrogens is 226 g/mol. The van der Waals surface area contributed by atoms with Crippen LogP contribution in [0.25, 0.3) is 0 Å². The molecule has 0 aromatic carbocycles. The van der Waals surface area contributed by atoms with E-state index in [9.17, 15) is 4.79 Å². The lowest BCUT2D eigenvalue weighted by atomic mass is 9.96. The van der Waals surface area contributed by atoms with E-state index in [0.717, 1.165) is 12.8 Å². The number of hydrogen-bond donors (Lipinski definition) is 2. The lowest BCUT2D eigenvalue weighted by Gasteiger charge is -2.23. The number of nitrogens with one attached hydrogen (secondary N) is 1. The Bertz CT molecular complexity index is 415. The maximum absolute atomic E-state index is 11.9. The minimum atomic E-state index is -0.796. The van der Waals surface area contributed by atoms with Gasteiger partial charge in [-0.2, -0.15) is 0 Å². The van der Waals surface area contributed by atoms with Crippen molar-refractivity contribution in [2.75, 3.05) is 5.32 Å². The van der Waals surface area contributed by atoms with Gasteiger partial charge in [-0.3, -0.25) is 4.79 Å². The molecule has 1 heterocycles. The summed E-state index contributed by atoms with van der Waals surface area (Å²) in [6.45, 7) is 1.77. The van der Waals surface area contributed by atoms with Gasteiger partial charge in [0.25, 0.3) is 0 Å². The van der Waals surface area contributed by atoms with E-state index in [2.05, 4.69) is 10.3 Å². The summed E-state index contributed by atoms with van der Waals surface area (Å²) < 4.78 is 0. The van der Waals surface area contributed by atoms with Crippen LogP contribution in [0.5, 0.6) is 0 Å². The number of pyridine rings is 1. The molecular formula is C11H14ClN3O. The van der Waals surface area contributed by atoms with Crippen molar-refractivity contribution in [1.82, 2.24) is 4.98 Å². The molecule has 1 fully saturated rings. The molecule has 1 amide bonds. The molecule has 0 spiro atoms. The fourth-order valence-corrected chi connectivity index (χ4v) is 1.79. The van der Waals surface area contributed by atoms with E-state index in [0.29, 0.717) is 16.8 Å². The molecule has 1 aromatic heterocycles. The Morgan fingerprint density at radius 2 is 2.38 bits per heavy atom. The zero-order chi connectivity index (χ0) is 11.8. The van der Waals surface area contributed by atoms with E-state index in [4.69, 9.17) is 17.3 Å². The number of rotatable bonds is 3. The molecule has 2 rings (SSSR count). The number of nitrogens with two attached hydrogens (primary N) is 1. The molecule has 4 nitrogen and oxygen atoms in total. The number of carbonyl (C=O) groups excluding carboxylic acids is 1. The van der Waals surface area contributed by atoms with Gasteiger partial charge >= 0.3 is 0 Å². The molecule has 1 aliphatic rings. The Labute approximate surface area is 99.2 Å². The summed E-state index contributed by atoms with van der Waals surface area (Å²) in [5.41, 5.74) is 5.82. The highest BCUT2D eigenvalue weighted by Gasteiger charge is 2.44. The fraction of sp³-hybridized carbons (Fsp3) is 0.455. The number of halogens is 1. The average molecular weight is 240 g/mol. The molecule has 16 heavy (non-hydrogen) atoms. The number of amides is 1. The summed E-state index contributed by atoms with van der Waals surface area (Å²) in [6.07, 6.45) is 3.60. The first-order valence-corrected chi connectivity index (χ1v) is 5.60. The maximum atomic E-state index is 11.9. The van der Waals surface area contributed by atoms with Gasteiger partial charge < -0.3 is 11.1 Å². The van der Waals surface area contributed by atoms with Crippen molar-refractivity contribution in [2.24, 2.45) is 11.7 Å². The predicted molar refractivity (Wildman–Crippen MR) is 63.2 cm³/mol. The van der Waals surface area contributed by atoms with Gasteiger partial charge in [0.1, 0.15) is 5.15 Å². The smallest absolute Gasteiger partial charge is 0.244 e. The van der Waals surface area contributed by atoms with Crippen LogP contribution < -0.4 is 11.1 Å². The first kappa shape index (κ1) is 11.4. The number of carbonyl (C=O) groups is 1. The lowest BCUT2D eigenvalue weighted by Crippen LogP contribution is -2.50.